The minimum atomic E-state index is 0.00102. The molecule has 2 aromatic heterocycles. The van der Waals surface area contributed by atoms with Gasteiger partial charge in [-0.1, -0.05) is 5.16 Å². The number of hydrogen-bond donors (Lipinski definition) is 1. The molecule has 21 heavy (non-hydrogen) atoms. The normalized spacial score (nSPS) is 14.0. The maximum Gasteiger partial charge on any atom is 0.226 e. The number of rotatable bonds is 4. The van der Waals surface area contributed by atoms with Crippen LogP contribution in [0.25, 0.3) is 0 Å². The number of carbonyl (C=O) groups is 1. The summed E-state index contributed by atoms with van der Waals surface area (Å²) in [6, 6.07) is 0. The van der Waals surface area contributed by atoms with Gasteiger partial charge in [-0.05, 0) is 46.0 Å². The molecule has 0 saturated heterocycles. The number of carbonyl (C=O) groups excluding carboxylic acids is 1. The van der Waals surface area contributed by atoms with E-state index < -0.39 is 0 Å². The molecule has 1 amide bonds. The van der Waals surface area contributed by atoms with Gasteiger partial charge in [0.2, 0.25) is 5.91 Å². The van der Waals surface area contributed by atoms with Crippen molar-refractivity contribution in [1.29, 1.82) is 0 Å². The summed E-state index contributed by atoms with van der Waals surface area (Å²) in [5.74, 6) is 0.797. The van der Waals surface area contributed by atoms with Gasteiger partial charge in [0.15, 0.2) is 5.13 Å². The van der Waals surface area contributed by atoms with Crippen molar-refractivity contribution in [2.45, 2.75) is 52.4 Å². The highest BCUT2D eigenvalue weighted by molar-refractivity contribution is 7.15. The predicted octanol–water partition coefficient (Wildman–Crippen LogP) is 3.20. The molecule has 0 aliphatic heterocycles. The molecule has 6 heteroatoms. The second-order valence-corrected chi connectivity index (χ2v) is 6.53. The van der Waals surface area contributed by atoms with E-state index in [4.69, 9.17) is 4.52 Å². The van der Waals surface area contributed by atoms with E-state index in [0.29, 0.717) is 12.8 Å². The quantitative estimate of drug-likeness (QED) is 0.942. The Balaban J connectivity index is 1.58. The first-order valence-corrected chi connectivity index (χ1v) is 8.15. The van der Waals surface area contributed by atoms with Gasteiger partial charge in [0.25, 0.3) is 0 Å². The Morgan fingerprint density at radius 1 is 1.33 bits per heavy atom. The summed E-state index contributed by atoms with van der Waals surface area (Å²) in [7, 11) is 0. The summed E-state index contributed by atoms with van der Waals surface area (Å²) in [6.45, 7) is 3.78. The number of thiazole rings is 1. The van der Waals surface area contributed by atoms with Crippen LogP contribution in [-0.2, 0) is 24.1 Å². The third kappa shape index (κ3) is 3.15. The van der Waals surface area contributed by atoms with Crippen molar-refractivity contribution < 1.29 is 9.32 Å². The Morgan fingerprint density at radius 3 is 2.86 bits per heavy atom. The van der Waals surface area contributed by atoms with Crippen molar-refractivity contribution in [3.8, 4) is 0 Å². The van der Waals surface area contributed by atoms with Crippen molar-refractivity contribution in [2.75, 3.05) is 5.32 Å². The monoisotopic (exact) mass is 305 g/mol. The SMILES string of the molecule is Cc1noc(C)c1CCC(=O)Nc1nc2c(s1)CCCC2. The molecule has 1 N–H and O–H groups in total. The number of nitrogens with one attached hydrogen (secondary N) is 1. The number of fused-ring (bicyclic) bond motifs is 1. The molecular formula is C15H19N3O2S. The fourth-order valence-corrected chi connectivity index (χ4v) is 3.75. The summed E-state index contributed by atoms with van der Waals surface area (Å²) < 4.78 is 5.11. The van der Waals surface area contributed by atoms with Crippen LogP contribution in [0.5, 0.6) is 0 Å². The molecule has 5 nitrogen and oxygen atoms in total. The number of anilines is 1. The molecule has 0 saturated carbocycles. The Morgan fingerprint density at radius 2 is 2.14 bits per heavy atom. The molecule has 0 radical (unpaired) electrons. The maximum absolute atomic E-state index is 12.0. The van der Waals surface area contributed by atoms with Gasteiger partial charge in [0, 0.05) is 16.9 Å². The van der Waals surface area contributed by atoms with Gasteiger partial charge in [0.05, 0.1) is 11.4 Å². The zero-order chi connectivity index (χ0) is 14.8. The van der Waals surface area contributed by atoms with Gasteiger partial charge >= 0.3 is 0 Å². The maximum atomic E-state index is 12.0. The molecule has 0 aromatic carbocycles. The lowest BCUT2D eigenvalue weighted by atomic mass is 10.0. The molecular weight excluding hydrogens is 286 g/mol. The zero-order valence-corrected chi connectivity index (χ0v) is 13.2. The molecule has 1 aliphatic rings. The molecule has 112 valence electrons. The number of hydrogen-bond acceptors (Lipinski definition) is 5. The lowest BCUT2D eigenvalue weighted by molar-refractivity contribution is -0.116. The number of nitrogens with zero attached hydrogens (tertiary/aromatic N) is 2. The third-order valence-electron chi connectivity index (χ3n) is 3.88. The van der Waals surface area contributed by atoms with Gasteiger partial charge < -0.3 is 9.84 Å². The van der Waals surface area contributed by atoms with E-state index in [1.807, 2.05) is 13.8 Å². The van der Waals surface area contributed by atoms with Crippen LogP contribution in [0.4, 0.5) is 5.13 Å². The minimum Gasteiger partial charge on any atom is -0.361 e. The van der Waals surface area contributed by atoms with E-state index in [0.717, 1.165) is 35.0 Å². The van der Waals surface area contributed by atoms with E-state index in [9.17, 15) is 4.79 Å². The van der Waals surface area contributed by atoms with Crippen molar-refractivity contribution in [1.82, 2.24) is 10.1 Å². The minimum absolute atomic E-state index is 0.00102. The van der Waals surface area contributed by atoms with E-state index in [1.54, 1.807) is 11.3 Å². The van der Waals surface area contributed by atoms with Crippen LogP contribution in [0.1, 0.15) is 46.9 Å². The molecule has 0 spiro atoms. The molecule has 3 rings (SSSR count). The van der Waals surface area contributed by atoms with Crippen LogP contribution in [0, 0.1) is 13.8 Å². The highest BCUT2D eigenvalue weighted by atomic mass is 32.1. The van der Waals surface area contributed by atoms with Crippen LogP contribution in [0.2, 0.25) is 0 Å². The largest absolute Gasteiger partial charge is 0.361 e. The average molecular weight is 305 g/mol. The van der Waals surface area contributed by atoms with Crippen LogP contribution in [-0.4, -0.2) is 16.0 Å². The Hall–Kier alpha value is -1.69. The third-order valence-corrected chi connectivity index (χ3v) is 4.95. The van der Waals surface area contributed by atoms with E-state index in [1.165, 1.54) is 23.4 Å². The Kier molecular flexibility index (Phi) is 4.05. The van der Waals surface area contributed by atoms with Gasteiger partial charge in [-0.2, -0.15) is 0 Å². The van der Waals surface area contributed by atoms with Crippen LogP contribution in [0.15, 0.2) is 4.52 Å². The summed E-state index contributed by atoms with van der Waals surface area (Å²) >= 11 is 1.62. The van der Waals surface area contributed by atoms with Gasteiger partial charge in [-0.15, -0.1) is 11.3 Å². The highest BCUT2D eigenvalue weighted by Crippen LogP contribution is 2.29. The molecule has 2 heterocycles. The van der Waals surface area contributed by atoms with Crippen LogP contribution >= 0.6 is 11.3 Å². The fraction of sp³-hybridized carbons (Fsp3) is 0.533. The van der Waals surface area contributed by atoms with Gasteiger partial charge in [-0.25, -0.2) is 4.98 Å². The van der Waals surface area contributed by atoms with Gasteiger partial charge in [0.1, 0.15) is 5.76 Å². The highest BCUT2D eigenvalue weighted by Gasteiger charge is 2.17. The molecule has 0 fully saturated rings. The summed E-state index contributed by atoms with van der Waals surface area (Å²) in [5, 5.41) is 7.56. The van der Waals surface area contributed by atoms with Crippen molar-refractivity contribution in [3.63, 3.8) is 0 Å². The number of aryl methyl sites for hydroxylation is 4. The van der Waals surface area contributed by atoms with Crippen molar-refractivity contribution in [2.24, 2.45) is 0 Å². The first kappa shape index (κ1) is 14.3. The van der Waals surface area contributed by atoms with Gasteiger partial charge in [-0.3, -0.25) is 4.79 Å². The summed E-state index contributed by atoms with van der Waals surface area (Å²) in [5.41, 5.74) is 3.07. The van der Waals surface area contributed by atoms with Crippen molar-refractivity contribution in [3.05, 3.63) is 27.6 Å². The first-order valence-electron chi connectivity index (χ1n) is 7.33. The summed E-state index contributed by atoms with van der Waals surface area (Å²) in [4.78, 5) is 17.9. The Bertz CT molecular complexity index is 617. The number of amides is 1. The van der Waals surface area contributed by atoms with E-state index >= 15 is 0 Å². The smallest absolute Gasteiger partial charge is 0.226 e. The second kappa shape index (κ2) is 5.97. The standard InChI is InChI=1S/C15H19N3O2S/c1-9-11(10(2)20-18-9)7-8-14(19)17-15-16-12-5-3-4-6-13(12)21-15/h3-8H2,1-2H3,(H,16,17,19). The zero-order valence-electron chi connectivity index (χ0n) is 12.4. The fourth-order valence-electron chi connectivity index (χ4n) is 2.68. The summed E-state index contributed by atoms with van der Waals surface area (Å²) in [6.07, 6.45) is 5.65. The second-order valence-electron chi connectivity index (χ2n) is 5.45. The van der Waals surface area contributed by atoms with Crippen molar-refractivity contribution >= 4 is 22.4 Å². The first-order chi connectivity index (χ1) is 10.1. The molecule has 0 atom stereocenters. The number of aromatic nitrogens is 2. The topological polar surface area (TPSA) is 68.0 Å². The molecule has 1 aliphatic carbocycles. The molecule has 0 unspecified atom stereocenters. The Labute approximate surface area is 127 Å². The predicted molar refractivity (Wildman–Crippen MR) is 81.7 cm³/mol. The van der Waals surface area contributed by atoms with E-state index in [-0.39, 0.29) is 5.91 Å². The van der Waals surface area contributed by atoms with Crippen LogP contribution < -0.4 is 5.32 Å². The molecule has 0 bridgehead atoms. The van der Waals surface area contributed by atoms with Crippen LogP contribution in [0.3, 0.4) is 0 Å². The average Bonchev–Trinajstić information content (AvgIpc) is 3.00. The lowest BCUT2D eigenvalue weighted by Gasteiger charge is -2.06. The molecule has 2 aromatic rings. The van der Waals surface area contributed by atoms with E-state index in [2.05, 4.69) is 15.5 Å². The lowest BCUT2D eigenvalue weighted by Crippen LogP contribution is -2.12.